The number of hydrogen-bond donors (Lipinski definition) is 1. The summed E-state index contributed by atoms with van der Waals surface area (Å²) in [5, 5.41) is 3.02. The van der Waals surface area contributed by atoms with Crippen molar-refractivity contribution < 1.29 is 19.1 Å². The Morgan fingerprint density at radius 3 is 2.68 bits per heavy atom. The van der Waals surface area contributed by atoms with E-state index < -0.39 is 0 Å². The van der Waals surface area contributed by atoms with Crippen LogP contribution in [-0.4, -0.2) is 44.0 Å². The number of benzene rings is 2. The molecule has 0 spiro atoms. The van der Waals surface area contributed by atoms with Crippen LogP contribution < -0.4 is 14.8 Å². The molecule has 1 fully saturated rings. The van der Waals surface area contributed by atoms with Gasteiger partial charge >= 0.3 is 0 Å². The number of carbonyl (C=O) groups is 2. The van der Waals surface area contributed by atoms with Crippen molar-refractivity contribution in [3.05, 3.63) is 58.6 Å². The van der Waals surface area contributed by atoms with E-state index >= 15 is 0 Å². The summed E-state index contributed by atoms with van der Waals surface area (Å²) in [5.74, 6) is 0.911. The fraction of sp³-hybridized carbons (Fsp3) is 0.333. The van der Waals surface area contributed by atoms with E-state index in [9.17, 15) is 9.59 Å². The monoisotopic (exact) mass is 402 g/mol. The van der Waals surface area contributed by atoms with Gasteiger partial charge in [-0.15, -0.1) is 0 Å². The number of likely N-dealkylation sites (tertiary alicyclic amines) is 1. The number of nitrogens with one attached hydrogen (secondary N) is 1. The molecule has 28 heavy (non-hydrogen) atoms. The quantitative estimate of drug-likeness (QED) is 0.803. The molecule has 3 rings (SSSR count). The Morgan fingerprint density at radius 1 is 1.18 bits per heavy atom. The van der Waals surface area contributed by atoms with Crippen LogP contribution in [0.5, 0.6) is 11.5 Å². The summed E-state index contributed by atoms with van der Waals surface area (Å²) in [4.78, 5) is 26.9. The van der Waals surface area contributed by atoms with E-state index in [0.717, 1.165) is 18.4 Å². The minimum atomic E-state index is -0.367. The lowest BCUT2D eigenvalue weighted by Gasteiger charge is -2.27. The average molecular weight is 403 g/mol. The second-order valence-electron chi connectivity index (χ2n) is 6.52. The number of halogens is 1. The van der Waals surface area contributed by atoms with Gasteiger partial charge < -0.3 is 19.7 Å². The Hall–Kier alpha value is -2.73. The first kappa shape index (κ1) is 20.0. The molecule has 2 aromatic carbocycles. The van der Waals surface area contributed by atoms with Crippen LogP contribution in [0.2, 0.25) is 5.02 Å². The predicted molar refractivity (Wildman–Crippen MR) is 107 cm³/mol. The molecule has 148 valence electrons. The molecule has 2 amide bonds. The van der Waals surface area contributed by atoms with E-state index in [-0.39, 0.29) is 24.4 Å². The largest absolute Gasteiger partial charge is 0.497 e. The van der Waals surface area contributed by atoms with E-state index in [2.05, 4.69) is 5.32 Å². The van der Waals surface area contributed by atoms with Gasteiger partial charge in [-0.05, 0) is 43.2 Å². The van der Waals surface area contributed by atoms with Gasteiger partial charge in [0.1, 0.15) is 11.5 Å². The molecule has 7 heteroatoms. The molecule has 1 aliphatic rings. The van der Waals surface area contributed by atoms with Gasteiger partial charge in [-0.3, -0.25) is 9.59 Å². The van der Waals surface area contributed by atoms with Gasteiger partial charge in [0.05, 0.1) is 37.4 Å². The van der Waals surface area contributed by atoms with Gasteiger partial charge in [-0.1, -0.05) is 23.7 Å². The molecule has 1 heterocycles. The van der Waals surface area contributed by atoms with Gasteiger partial charge in [0.2, 0.25) is 5.91 Å². The van der Waals surface area contributed by atoms with E-state index in [1.807, 2.05) is 18.2 Å². The molecule has 0 radical (unpaired) electrons. The smallest absolute Gasteiger partial charge is 0.253 e. The number of carbonyl (C=O) groups excluding carboxylic acids is 2. The number of amides is 2. The lowest BCUT2D eigenvalue weighted by molar-refractivity contribution is -0.131. The first-order valence-corrected chi connectivity index (χ1v) is 9.47. The Labute approximate surface area is 169 Å². The molecule has 0 unspecified atom stereocenters. The summed E-state index contributed by atoms with van der Waals surface area (Å²) >= 11 is 6.04. The highest BCUT2D eigenvalue weighted by molar-refractivity contribution is 6.33. The van der Waals surface area contributed by atoms with Crippen LogP contribution in [0.3, 0.4) is 0 Å². The minimum absolute atomic E-state index is 0.0904. The SMILES string of the molecule is COc1ccc(OC)c([C@H]2CCCN2C(=O)CNC(=O)c2ccccc2Cl)c1. The summed E-state index contributed by atoms with van der Waals surface area (Å²) < 4.78 is 10.8. The lowest BCUT2D eigenvalue weighted by Crippen LogP contribution is -2.40. The maximum atomic E-state index is 12.8. The number of nitrogens with zero attached hydrogens (tertiary/aromatic N) is 1. The highest BCUT2D eigenvalue weighted by Gasteiger charge is 2.32. The molecule has 1 aliphatic heterocycles. The molecular formula is C21H23ClN2O4. The zero-order chi connectivity index (χ0) is 20.1. The number of ether oxygens (including phenoxy) is 2. The minimum Gasteiger partial charge on any atom is -0.497 e. The Bertz CT molecular complexity index is 871. The summed E-state index contributed by atoms with van der Waals surface area (Å²) in [6.45, 7) is 0.540. The topological polar surface area (TPSA) is 67.9 Å². The zero-order valence-electron chi connectivity index (χ0n) is 15.9. The lowest BCUT2D eigenvalue weighted by atomic mass is 10.0. The summed E-state index contributed by atoms with van der Waals surface area (Å²) in [7, 11) is 3.21. The second kappa shape index (κ2) is 8.97. The summed E-state index contributed by atoms with van der Waals surface area (Å²) in [5.41, 5.74) is 1.26. The first-order valence-electron chi connectivity index (χ1n) is 9.09. The molecule has 0 aliphatic carbocycles. The zero-order valence-corrected chi connectivity index (χ0v) is 16.7. The van der Waals surface area contributed by atoms with Crippen LogP contribution in [0.1, 0.15) is 34.8 Å². The normalized spacial score (nSPS) is 16.0. The predicted octanol–water partition coefficient (Wildman–Crippen LogP) is 3.45. The maximum absolute atomic E-state index is 12.8. The Balaban J connectivity index is 1.72. The van der Waals surface area contributed by atoms with Gasteiger partial charge in [-0.25, -0.2) is 0 Å². The molecule has 0 aromatic heterocycles. The number of methoxy groups -OCH3 is 2. The van der Waals surface area contributed by atoms with Crippen molar-refractivity contribution in [1.82, 2.24) is 10.2 Å². The fourth-order valence-corrected chi connectivity index (χ4v) is 3.71. The van der Waals surface area contributed by atoms with Crippen LogP contribution in [-0.2, 0) is 4.79 Å². The number of rotatable bonds is 6. The molecule has 1 saturated heterocycles. The van der Waals surface area contributed by atoms with Gasteiger partial charge in [0.25, 0.3) is 5.91 Å². The number of hydrogen-bond acceptors (Lipinski definition) is 4. The van der Waals surface area contributed by atoms with Crippen molar-refractivity contribution in [3.8, 4) is 11.5 Å². The summed E-state index contributed by atoms with van der Waals surface area (Å²) in [6, 6.07) is 12.2. The third kappa shape index (κ3) is 4.22. The van der Waals surface area contributed by atoms with E-state index in [1.54, 1.807) is 43.4 Å². The van der Waals surface area contributed by atoms with Gasteiger partial charge in [0, 0.05) is 12.1 Å². The Kier molecular flexibility index (Phi) is 6.41. The van der Waals surface area contributed by atoms with E-state index in [0.29, 0.717) is 28.6 Å². The van der Waals surface area contributed by atoms with Crippen LogP contribution >= 0.6 is 11.6 Å². The summed E-state index contributed by atoms with van der Waals surface area (Å²) in [6.07, 6.45) is 1.71. The first-order chi connectivity index (χ1) is 13.5. The molecule has 6 nitrogen and oxygen atoms in total. The third-order valence-electron chi connectivity index (χ3n) is 4.89. The maximum Gasteiger partial charge on any atom is 0.253 e. The van der Waals surface area contributed by atoms with Gasteiger partial charge in [0.15, 0.2) is 0 Å². The third-order valence-corrected chi connectivity index (χ3v) is 5.22. The molecule has 1 N–H and O–H groups in total. The molecule has 2 aromatic rings. The van der Waals surface area contributed by atoms with Crippen LogP contribution in [0.25, 0.3) is 0 Å². The van der Waals surface area contributed by atoms with Crippen molar-refractivity contribution in [1.29, 1.82) is 0 Å². The van der Waals surface area contributed by atoms with Crippen molar-refractivity contribution in [2.24, 2.45) is 0 Å². The standard InChI is InChI=1S/C21H23ClN2O4/c1-27-14-9-10-19(28-2)16(12-14)18-8-5-11-24(18)20(25)13-23-21(26)15-6-3-4-7-17(15)22/h3-4,6-7,9-10,12,18H,5,8,11,13H2,1-2H3,(H,23,26)/t18-/m1/s1. The second-order valence-corrected chi connectivity index (χ2v) is 6.92. The molecular weight excluding hydrogens is 380 g/mol. The average Bonchev–Trinajstić information content (AvgIpc) is 3.21. The van der Waals surface area contributed by atoms with Crippen molar-refractivity contribution in [3.63, 3.8) is 0 Å². The van der Waals surface area contributed by atoms with Crippen molar-refractivity contribution in [2.75, 3.05) is 27.3 Å². The van der Waals surface area contributed by atoms with Gasteiger partial charge in [-0.2, -0.15) is 0 Å². The van der Waals surface area contributed by atoms with Crippen LogP contribution in [0, 0.1) is 0 Å². The van der Waals surface area contributed by atoms with Crippen LogP contribution in [0.15, 0.2) is 42.5 Å². The van der Waals surface area contributed by atoms with E-state index in [1.165, 1.54) is 0 Å². The van der Waals surface area contributed by atoms with Crippen LogP contribution in [0.4, 0.5) is 0 Å². The van der Waals surface area contributed by atoms with Crippen molar-refractivity contribution in [2.45, 2.75) is 18.9 Å². The van der Waals surface area contributed by atoms with Crippen molar-refractivity contribution >= 4 is 23.4 Å². The Morgan fingerprint density at radius 2 is 1.96 bits per heavy atom. The highest BCUT2D eigenvalue weighted by Crippen LogP contribution is 2.38. The fourth-order valence-electron chi connectivity index (χ4n) is 3.49. The highest BCUT2D eigenvalue weighted by atomic mass is 35.5. The molecule has 1 atom stereocenters. The molecule has 0 bridgehead atoms. The molecule has 0 saturated carbocycles. The van der Waals surface area contributed by atoms with E-state index in [4.69, 9.17) is 21.1 Å².